The highest BCUT2D eigenvalue weighted by molar-refractivity contribution is 9.10. The number of rotatable bonds is 5. The van der Waals surface area contributed by atoms with Crippen molar-refractivity contribution >= 4 is 44.1 Å². The van der Waals surface area contributed by atoms with Gasteiger partial charge in [-0.1, -0.05) is 35.0 Å². The molecule has 0 spiro atoms. The molecule has 0 unspecified atom stereocenters. The lowest BCUT2D eigenvalue weighted by atomic mass is 10.0. The van der Waals surface area contributed by atoms with Crippen LogP contribution in [0, 0.1) is 6.92 Å². The number of hydrogen-bond acceptors (Lipinski definition) is 4. The smallest absolute Gasteiger partial charge is 0.341 e. The van der Waals surface area contributed by atoms with Gasteiger partial charge in [0.05, 0.1) is 6.61 Å². The molecule has 122 valence electrons. The van der Waals surface area contributed by atoms with Crippen LogP contribution < -0.4 is 5.32 Å². The van der Waals surface area contributed by atoms with E-state index >= 15 is 0 Å². The zero-order chi connectivity index (χ0) is 17.0. The number of amides is 1. The number of esters is 1. The summed E-state index contributed by atoms with van der Waals surface area (Å²) >= 11 is 4.80. The monoisotopic (exact) mass is 395 g/mol. The van der Waals surface area contributed by atoms with Gasteiger partial charge in [0.15, 0.2) is 0 Å². The Morgan fingerprint density at radius 3 is 2.43 bits per heavy atom. The number of benzene rings is 1. The van der Waals surface area contributed by atoms with Crippen molar-refractivity contribution in [1.82, 2.24) is 0 Å². The lowest BCUT2D eigenvalue weighted by molar-refractivity contribution is -0.115. The first-order valence-electron chi connectivity index (χ1n) is 7.34. The Balaban J connectivity index is 2.57. The predicted molar refractivity (Wildman–Crippen MR) is 97.1 cm³/mol. The fraction of sp³-hybridized carbons (Fsp3) is 0.294. The number of carbonyl (C=O) groups is 2. The van der Waals surface area contributed by atoms with Crippen LogP contribution in [0.2, 0.25) is 0 Å². The molecule has 0 aliphatic heterocycles. The van der Waals surface area contributed by atoms with Gasteiger partial charge in [-0.2, -0.15) is 0 Å². The summed E-state index contributed by atoms with van der Waals surface area (Å²) < 4.78 is 6.15. The molecule has 1 aromatic carbocycles. The summed E-state index contributed by atoms with van der Waals surface area (Å²) in [6.45, 7) is 5.76. The van der Waals surface area contributed by atoms with Crippen molar-refractivity contribution in [1.29, 1.82) is 0 Å². The minimum absolute atomic E-state index is 0.126. The van der Waals surface area contributed by atoms with Crippen molar-refractivity contribution in [2.45, 2.75) is 27.2 Å². The Kier molecular flexibility index (Phi) is 5.96. The van der Waals surface area contributed by atoms with Gasteiger partial charge in [0.25, 0.3) is 0 Å². The van der Waals surface area contributed by atoms with Gasteiger partial charge in [-0.3, -0.25) is 4.79 Å². The van der Waals surface area contributed by atoms with Gasteiger partial charge < -0.3 is 10.1 Å². The third-order valence-electron chi connectivity index (χ3n) is 3.27. The van der Waals surface area contributed by atoms with Crippen LogP contribution in [-0.2, 0) is 9.53 Å². The standard InChI is InChI=1S/C17H18BrNO3S/c1-4-13(20)19-16-15(17(21)22-5-2)14(10(3)23-16)11-6-8-12(18)9-7-11/h6-9H,4-5H2,1-3H3,(H,19,20). The maximum atomic E-state index is 12.4. The second kappa shape index (κ2) is 7.75. The summed E-state index contributed by atoms with van der Waals surface area (Å²) in [5.74, 6) is -0.541. The van der Waals surface area contributed by atoms with Crippen LogP contribution in [0.3, 0.4) is 0 Å². The molecule has 2 rings (SSSR count). The summed E-state index contributed by atoms with van der Waals surface area (Å²) in [4.78, 5) is 25.1. The van der Waals surface area contributed by atoms with Crippen molar-refractivity contribution in [3.63, 3.8) is 0 Å². The minimum Gasteiger partial charge on any atom is -0.462 e. The van der Waals surface area contributed by atoms with E-state index in [-0.39, 0.29) is 12.5 Å². The summed E-state index contributed by atoms with van der Waals surface area (Å²) in [5.41, 5.74) is 2.16. The molecule has 0 radical (unpaired) electrons. The van der Waals surface area contributed by atoms with E-state index in [4.69, 9.17) is 4.74 Å². The Labute approximate surface area is 148 Å². The molecule has 0 aliphatic carbocycles. The highest BCUT2D eigenvalue weighted by Crippen LogP contribution is 2.40. The number of aryl methyl sites for hydroxylation is 1. The van der Waals surface area contributed by atoms with E-state index in [1.54, 1.807) is 13.8 Å². The van der Waals surface area contributed by atoms with E-state index in [1.807, 2.05) is 31.2 Å². The highest BCUT2D eigenvalue weighted by atomic mass is 79.9. The molecule has 0 saturated heterocycles. The molecule has 1 amide bonds. The van der Waals surface area contributed by atoms with Crippen LogP contribution in [0.4, 0.5) is 5.00 Å². The molecule has 23 heavy (non-hydrogen) atoms. The van der Waals surface area contributed by atoms with Crippen molar-refractivity contribution in [3.05, 3.63) is 39.2 Å². The normalized spacial score (nSPS) is 10.4. The van der Waals surface area contributed by atoms with Crippen LogP contribution in [0.15, 0.2) is 28.7 Å². The van der Waals surface area contributed by atoms with E-state index < -0.39 is 5.97 Å². The van der Waals surface area contributed by atoms with Gasteiger partial charge in [0.1, 0.15) is 10.6 Å². The van der Waals surface area contributed by atoms with Crippen molar-refractivity contribution in [2.75, 3.05) is 11.9 Å². The minimum atomic E-state index is -0.416. The second-order valence-corrected chi connectivity index (χ2v) is 7.01. The van der Waals surface area contributed by atoms with E-state index in [0.29, 0.717) is 17.0 Å². The Hall–Kier alpha value is -1.66. The molecule has 0 saturated carbocycles. The van der Waals surface area contributed by atoms with Crippen molar-refractivity contribution in [3.8, 4) is 11.1 Å². The van der Waals surface area contributed by atoms with Gasteiger partial charge in [0, 0.05) is 21.3 Å². The highest BCUT2D eigenvalue weighted by Gasteiger charge is 2.25. The SMILES string of the molecule is CCOC(=O)c1c(NC(=O)CC)sc(C)c1-c1ccc(Br)cc1. The molecule has 4 nitrogen and oxygen atoms in total. The molecule has 2 aromatic rings. The molecule has 0 bridgehead atoms. The topological polar surface area (TPSA) is 55.4 Å². The van der Waals surface area contributed by atoms with E-state index in [2.05, 4.69) is 21.2 Å². The number of anilines is 1. The van der Waals surface area contributed by atoms with Crippen molar-refractivity contribution in [2.24, 2.45) is 0 Å². The first-order chi connectivity index (χ1) is 11.0. The summed E-state index contributed by atoms with van der Waals surface area (Å²) in [6.07, 6.45) is 0.354. The fourth-order valence-corrected chi connectivity index (χ4v) is 3.55. The molecule has 0 atom stereocenters. The Bertz CT molecular complexity index is 722. The number of thiophene rings is 1. The average molecular weight is 396 g/mol. The zero-order valence-corrected chi connectivity index (χ0v) is 15.6. The lowest BCUT2D eigenvalue weighted by Crippen LogP contribution is -2.13. The molecule has 6 heteroatoms. The summed E-state index contributed by atoms with van der Waals surface area (Å²) in [5, 5.41) is 3.36. The first-order valence-corrected chi connectivity index (χ1v) is 8.95. The van der Waals surface area contributed by atoms with Crippen LogP contribution in [0.25, 0.3) is 11.1 Å². The summed E-state index contributed by atoms with van der Waals surface area (Å²) in [7, 11) is 0. The Morgan fingerprint density at radius 2 is 1.87 bits per heavy atom. The molecule has 1 heterocycles. The molecule has 0 fully saturated rings. The fourth-order valence-electron chi connectivity index (χ4n) is 2.21. The van der Waals surface area contributed by atoms with E-state index in [9.17, 15) is 9.59 Å². The largest absolute Gasteiger partial charge is 0.462 e. The van der Waals surface area contributed by atoms with Crippen molar-refractivity contribution < 1.29 is 14.3 Å². The van der Waals surface area contributed by atoms with Gasteiger partial charge >= 0.3 is 5.97 Å². The Morgan fingerprint density at radius 1 is 1.22 bits per heavy atom. The molecular weight excluding hydrogens is 378 g/mol. The summed E-state index contributed by atoms with van der Waals surface area (Å²) in [6, 6.07) is 7.72. The quantitative estimate of drug-likeness (QED) is 0.723. The van der Waals surface area contributed by atoms with Crippen LogP contribution in [0.5, 0.6) is 0 Å². The number of ether oxygens (including phenoxy) is 1. The van der Waals surface area contributed by atoms with Gasteiger partial charge in [-0.05, 0) is 31.5 Å². The number of carbonyl (C=O) groups excluding carboxylic acids is 2. The van der Waals surface area contributed by atoms with Gasteiger partial charge in [-0.15, -0.1) is 11.3 Å². The van der Waals surface area contributed by atoms with Crippen LogP contribution in [0.1, 0.15) is 35.5 Å². The van der Waals surface area contributed by atoms with Gasteiger partial charge in [0.2, 0.25) is 5.91 Å². The first kappa shape index (κ1) is 17.7. The number of hydrogen-bond donors (Lipinski definition) is 1. The lowest BCUT2D eigenvalue weighted by Gasteiger charge is -2.09. The molecule has 1 N–H and O–H groups in total. The molecule has 0 aliphatic rings. The average Bonchev–Trinajstić information content (AvgIpc) is 2.84. The molecular formula is C17H18BrNO3S. The van der Waals surface area contributed by atoms with E-state index in [1.165, 1.54) is 11.3 Å². The zero-order valence-electron chi connectivity index (χ0n) is 13.2. The maximum Gasteiger partial charge on any atom is 0.341 e. The maximum absolute atomic E-state index is 12.4. The number of halogens is 1. The predicted octanol–water partition coefficient (Wildman–Crippen LogP) is 5.01. The number of nitrogens with one attached hydrogen (secondary N) is 1. The van der Waals surface area contributed by atoms with Crippen LogP contribution >= 0.6 is 27.3 Å². The van der Waals surface area contributed by atoms with Gasteiger partial charge in [-0.25, -0.2) is 4.79 Å². The second-order valence-electron chi connectivity index (χ2n) is 4.87. The molecule has 1 aromatic heterocycles. The third kappa shape index (κ3) is 4.00. The van der Waals surface area contributed by atoms with Crippen LogP contribution in [-0.4, -0.2) is 18.5 Å². The third-order valence-corrected chi connectivity index (χ3v) is 4.82. The van der Waals surface area contributed by atoms with E-state index in [0.717, 1.165) is 20.5 Å².